The summed E-state index contributed by atoms with van der Waals surface area (Å²) >= 11 is 0. The Morgan fingerprint density at radius 3 is 2.80 bits per heavy atom. The van der Waals surface area contributed by atoms with E-state index in [1.807, 2.05) is 0 Å². The van der Waals surface area contributed by atoms with Gasteiger partial charge in [-0.25, -0.2) is 4.98 Å². The lowest BCUT2D eigenvalue weighted by atomic mass is 10.1. The number of carbonyl (C=O) groups excluding carboxylic acids is 1. The number of aryl methyl sites for hydroxylation is 1. The predicted octanol–water partition coefficient (Wildman–Crippen LogP) is 2.11. The van der Waals surface area contributed by atoms with Crippen LogP contribution >= 0.6 is 0 Å². The van der Waals surface area contributed by atoms with Crippen LogP contribution in [0.4, 0.5) is 11.4 Å². The van der Waals surface area contributed by atoms with E-state index in [1.165, 1.54) is 6.07 Å². The maximum absolute atomic E-state index is 12.6. The van der Waals surface area contributed by atoms with Gasteiger partial charge in [-0.05, 0) is 19.9 Å². The van der Waals surface area contributed by atoms with Crippen molar-refractivity contribution in [2.24, 2.45) is 0 Å². The van der Waals surface area contributed by atoms with Gasteiger partial charge in [0.15, 0.2) is 5.52 Å². The molecule has 0 aliphatic carbocycles. The quantitative estimate of drug-likeness (QED) is 0.674. The van der Waals surface area contributed by atoms with Gasteiger partial charge in [0.2, 0.25) is 5.91 Å². The number of nitro benzene ring substituents is 1. The average Bonchev–Trinajstić information content (AvgIpc) is 2.61. The number of para-hydroxylation sites is 1. The summed E-state index contributed by atoms with van der Waals surface area (Å²) in [5.74, 6) is -0.0173. The Kier molecular flexibility index (Phi) is 4.80. The highest BCUT2D eigenvalue weighted by molar-refractivity contribution is 5.98. The third kappa shape index (κ3) is 3.53. The number of morpholine rings is 1. The van der Waals surface area contributed by atoms with Crippen LogP contribution in [-0.4, -0.2) is 53.1 Å². The zero-order valence-corrected chi connectivity index (χ0v) is 14.2. The third-order valence-electron chi connectivity index (χ3n) is 4.21. The number of hydrogen-bond acceptors (Lipinski definition) is 6. The molecule has 0 radical (unpaired) electrons. The Morgan fingerprint density at radius 2 is 2.12 bits per heavy atom. The van der Waals surface area contributed by atoms with Crippen LogP contribution in [0.5, 0.6) is 0 Å². The highest BCUT2D eigenvalue weighted by Gasteiger charge is 2.23. The fraction of sp³-hybridized carbons (Fsp3) is 0.412. The molecule has 3 rings (SSSR count). The summed E-state index contributed by atoms with van der Waals surface area (Å²) in [4.78, 5) is 29.5. The van der Waals surface area contributed by atoms with Gasteiger partial charge in [0.05, 0.1) is 18.1 Å². The molecule has 1 aromatic heterocycles. The van der Waals surface area contributed by atoms with Gasteiger partial charge in [0.1, 0.15) is 6.04 Å². The van der Waals surface area contributed by atoms with E-state index >= 15 is 0 Å². The average molecular weight is 344 g/mol. The SMILES string of the molecule is Cc1cc(NC(C)C(=O)N2CCOCC2)c2cccc([N+](=O)[O-])c2n1. The summed E-state index contributed by atoms with van der Waals surface area (Å²) in [6, 6.07) is 6.17. The Balaban J connectivity index is 1.91. The number of nitrogens with one attached hydrogen (secondary N) is 1. The molecule has 132 valence electrons. The van der Waals surface area contributed by atoms with E-state index in [-0.39, 0.29) is 11.6 Å². The third-order valence-corrected chi connectivity index (χ3v) is 4.21. The first-order chi connectivity index (χ1) is 12.0. The van der Waals surface area contributed by atoms with Crippen LogP contribution in [-0.2, 0) is 9.53 Å². The van der Waals surface area contributed by atoms with Gasteiger partial charge < -0.3 is 15.0 Å². The second kappa shape index (κ2) is 7.02. The van der Waals surface area contributed by atoms with E-state index in [2.05, 4.69) is 10.3 Å². The standard InChI is InChI=1S/C17H20N4O4/c1-11-10-14(13-4-3-5-15(21(23)24)16(13)18-11)19-12(2)17(22)20-6-8-25-9-7-20/h3-5,10,12H,6-9H2,1-2H3,(H,18,19). The van der Waals surface area contributed by atoms with Gasteiger partial charge >= 0.3 is 0 Å². The lowest BCUT2D eigenvalue weighted by Crippen LogP contribution is -2.47. The maximum atomic E-state index is 12.6. The molecular formula is C17H20N4O4. The number of benzene rings is 1. The van der Waals surface area contributed by atoms with Crippen molar-refractivity contribution in [3.8, 4) is 0 Å². The summed E-state index contributed by atoms with van der Waals surface area (Å²) in [5.41, 5.74) is 1.59. The second-order valence-corrected chi connectivity index (χ2v) is 6.05. The van der Waals surface area contributed by atoms with Gasteiger partial charge in [-0.2, -0.15) is 0 Å². The molecule has 1 aliphatic rings. The Bertz CT molecular complexity index is 818. The van der Waals surface area contributed by atoms with Gasteiger partial charge in [-0.15, -0.1) is 0 Å². The Hall–Kier alpha value is -2.74. The van der Waals surface area contributed by atoms with Crippen LogP contribution < -0.4 is 5.32 Å². The molecule has 8 heteroatoms. The smallest absolute Gasteiger partial charge is 0.295 e. The maximum Gasteiger partial charge on any atom is 0.295 e. The second-order valence-electron chi connectivity index (χ2n) is 6.05. The highest BCUT2D eigenvalue weighted by atomic mass is 16.6. The topological polar surface area (TPSA) is 97.6 Å². The number of fused-ring (bicyclic) bond motifs is 1. The van der Waals surface area contributed by atoms with E-state index in [4.69, 9.17) is 4.74 Å². The largest absolute Gasteiger partial charge is 0.378 e. The minimum atomic E-state index is -0.456. The molecule has 25 heavy (non-hydrogen) atoms. The summed E-state index contributed by atoms with van der Waals surface area (Å²) in [6.07, 6.45) is 0. The van der Waals surface area contributed by atoms with E-state index < -0.39 is 11.0 Å². The van der Waals surface area contributed by atoms with Crippen LogP contribution in [0.3, 0.4) is 0 Å². The van der Waals surface area contributed by atoms with E-state index in [9.17, 15) is 14.9 Å². The van der Waals surface area contributed by atoms with Crippen LogP contribution in [0.25, 0.3) is 10.9 Å². The highest BCUT2D eigenvalue weighted by Crippen LogP contribution is 2.30. The number of hydrogen-bond donors (Lipinski definition) is 1. The lowest BCUT2D eigenvalue weighted by molar-refractivity contribution is -0.383. The molecule has 1 amide bonds. The van der Waals surface area contributed by atoms with Crippen molar-refractivity contribution in [1.29, 1.82) is 0 Å². The van der Waals surface area contributed by atoms with Crippen LogP contribution in [0.15, 0.2) is 24.3 Å². The minimum absolute atomic E-state index is 0.0173. The molecule has 0 spiro atoms. The normalized spacial score (nSPS) is 15.8. The van der Waals surface area contributed by atoms with Crippen molar-refractivity contribution < 1.29 is 14.5 Å². The molecule has 1 N–H and O–H groups in total. The lowest BCUT2D eigenvalue weighted by Gasteiger charge is -2.30. The number of anilines is 1. The van der Waals surface area contributed by atoms with Crippen molar-refractivity contribution in [3.63, 3.8) is 0 Å². The van der Waals surface area contributed by atoms with E-state index in [0.717, 1.165) is 0 Å². The molecule has 1 unspecified atom stereocenters. The molecule has 8 nitrogen and oxygen atoms in total. The van der Waals surface area contributed by atoms with Crippen LogP contribution in [0, 0.1) is 17.0 Å². The van der Waals surface area contributed by atoms with Gasteiger partial charge in [0, 0.05) is 35.9 Å². The van der Waals surface area contributed by atoms with E-state index in [0.29, 0.717) is 48.6 Å². The Morgan fingerprint density at radius 1 is 1.40 bits per heavy atom. The number of non-ortho nitro benzene ring substituents is 1. The van der Waals surface area contributed by atoms with Crippen molar-refractivity contribution >= 4 is 28.2 Å². The van der Waals surface area contributed by atoms with E-state index in [1.54, 1.807) is 36.9 Å². The molecule has 1 atom stereocenters. The first-order valence-electron chi connectivity index (χ1n) is 8.15. The molecule has 2 heterocycles. The number of amides is 1. The van der Waals surface area contributed by atoms with Crippen molar-refractivity contribution in [2.75, 3.05) is 31.6 Å². The number of rotatable bonds is 4. The fourth-order valence-electron chi connectivity index (χ4n) is 2.98. The number of nitrogens with zero attached hydrogens (tertiary/aromatic N) is 3. The zero-order valence-electron chi connectivity index (χ0n) is 14.2. The summed E-state index contributed by atoms with van der Waals surface area (Å²) in [6.45, 7) is 5.80. The van der Waals surface area contributed by atoms with Gasteiger partial charge in [-0.1, -0.05) is 12.1 Å². The molecule has 1 aromatic carbocycles. The summed E-state index contributed by atoms with van der Waals surface area (Å²) in [5, 5.41) is 15.1. The van der Waals surface area contributed by atoms with Gasteiger partial charge in [0.25, 0.3) is 5.69 Å². The van der Waals surface area contributed by atoms with Crippen LogP contribution in [0.1, 0.15) is 12.6 Å². The number of carbonyl (C=O) groups is 1. The van der Waals surface area contributed by atoms with Crippen molar-refractivity contribution in [1.82, 2.24) is 9.88 Å². The molecule has 0 bridgehead atoms. The number of nitro groups is 1. The number of aromatic nitrogens is 1. The molecule has 1 aliphatic heterocycles. The first-order valence-corrected chi connectivity index (χ1v) is 8.15. The molecule has 1 fully saturated rings. The van der Waals surface area contributed by atoms with Crippen LogP contribution in [0.2, 0.25) is 0 Å². The van der Waals surface area contributed by atoms with Crippen molar-refractivity contribution in [3.05, 3.63) is 40.1 Å². The minimum Gasteiger partial charge on any atom is -0.378 e. The Labute approximate surface area is 144 Å². The first kappa shape index (κ1) is 17.1. The summed E-state index contributed by atoms with van der Waals surface area (Å²) in [7, 11) is 0. The number of ether oxygens (including phenoxy) is 1. The molecule has 2 aromatic rings. The predicted molar refractivity (Wildman–Crippen MR) is 93.6 cm³/mol. The van der Waals surface area contributed by atoms with Crippen molar-refractivity contribution in [2.45, 2.75) is 19.9 Å². The molecular weight excluding hydrogens is 324 g/mol. The monoisotopic (exact) mass is 344 g/mol. The molecule has 1 saturated heterocycles. The fourth-order valence-corrected chi connectivity index (χ4v) is 2.98. The summed E-state index contributed by atoms with van der Waals surface area (Å²) < 4.78 is 5.27. The number of pyridine rings is 1. The molecule has 0 saturated carbocycles. The van der Waals surface area contributed by atoms with Gasteiger partial charge in [-0.3, -0.25) is 14.9 Å². The zero-order chi connectivity index (χ0) is 18.0.